The van der Waals surface area contributed by atoms with E-state index in [1.165, 1.54) is 78.0 Å². The fourth-order valence-electron chi connectivity index (χ4n) is 6.32. The van der Waals surface area contributed by atoms with E-state index in [0.29, 0.717) is 6.42 Å². The molecule has 0 radical (unpaired) electrons. The van der Waals surface area contributed by atoms with Crippen molar-refractivity contribution >= 4 is 7.12 Å². The van der Waals surface area contributed by atoms with Gasteiger partial charge in [-0.1, -0.05) is 97.4 Å². The third kappa shape index (κ3) is 11.2. The first-order chi connectivity index (χ1) is 20.7. The van der Waals surface area contributed by atoms with Gasteiger partial charge in [-0.2, -0.15) is 0 Å². The zero-order valence-electron chi connectivity index (χ0n) is 28.7. The summed E-state index contributed by atoms with van der Waals surface area (Å²) >= 11 is 0. The molecule has 0 aliphatic carbocycles. The molecule has 0 saturated carbocycles. The van der Waals surface area contributed by atoms with Crippen LogP contribution in [0.25, 0.3) is 0 Å². The fraction of sp³-hybridized carbons (Fsp3) is 0.526. The van der Waals surface area contributed by atoms with Gasteiger partial charge >= 0.3 is 0 Å². The highest BCUT2D eigenvalue weighted by molar-refractivity contribution is 6.36. The van der Waals surface area contributed by atoms with Crippen LogP contribution in [-0.4, -0.2) is 68.4 Å². The van der Waals surface area contributed by atoms with E-state index in [1.807, 2.05) is 54.6 Å². The van der Waals surface area contributed by atoms with Crippen molar-refractivity contribution in [2.45, 2.75) is 80.0 Å². The highest BCUT2D eigenvalue weighted by Crippen LogP contribution is 2.43. The second-order valence-electron chi connectivity index (χ2n) is 11.5. The third-order valence-electron chi connectivity index (χ3n) is 10.2. The van der Waals surface area contributed by atoms with Gasteiger partial charge in [0.05, 0.1) is 52.4 Å². The highest BCUT2D eigenvalue weighted by atomic mass is 16.4. The Morgan fingerprint density at radius 2 is 0.721 bits per heavy atom. The number of rotatable bonds is 15. The van der Waals surface area contributed by atoms with Crippen LogP contribution in [0.1, 0.15) is 84.9 Å². The molecule has 3 rings (SSSR count). The summed E-state index contributed by atoms with van der Waals surface area (Å²) < 4.78 is 2.56. The van der Waals surface area contributed by atoms with Crippen LogP contribution in [0.2, 0.25) is 6.32 Å². The van der Waals surface area contributed by atoms with E-state index in [0.717, 1.165) is 6.42 Å². The number of nitrogens with zero attached hydrogens (tertiary/aromatic N) is 2. The average molecular weight is 589 g/mol. The van der Waals surface area contributed by atoms with Crippen molar-refractivity contribution < 1.29 is 19.0 Å². The Kier molecular flexibility index (Phi) is 18.4. The largest absolute Gasteiger partial charge is 0.893 e. The molecule has 5 heteroatoms. The maximum atomic E-state index is 11.1. The predicted octanol–water partition coefficient (Wildman–Crippen LogP) is 6.78. The molecule has 0 N–H and O–H groups in total. The smallest absolute Gasteiger partial charge is 0.0757 e. The molecule has 0 unspecified atom stereocenters. The summed E-state index contributed by atoms with van der Waals surface area (Å²) in [4.78, 5) is 0. The van der Waals surface area contributed by atoms with Crippen molar-refractivity contribution in [3.05, 3.63) is 108 Å². The average Bonchev–Trinajstić information content (AvgIpc) is 3.08. The minimum Gasteiger partial charge on any atom is -0.893 e. The summed E-state index contributed by atoms with van der Waals surface area (Å²) in [5.41, 5.74) is 3.18. The van der Waals surface area contributed by atoms with Gasteiger partial charge in [-0.15, -0.1) is 13.4 Å². The molecule has 3 aromatic rings. The van der Waals surface area contributed by atoms with E-state index >= 15 is 0 Å². The fourth-order valence-corrected chi connectivity index (χ4v) is 6.32. The lowest BCUT2D eigenvalue weighted by Crippen LogP contribution is -2.47. The minimum absolute atomic E-state index is 0.147. The molecule has 0 heterocycles. The summed E-state index contributed by atoms with van der Waals surface area (Å²) in [6.45, 7) is 28.4. The summed E-state index contributed by atoms with van der Waals surface area (Å²) in [5.74, 6) is 0. The summed E-state index contributed by atoms with van der Waals surface area (Å²) in [6, 6.07) is 31.1. The molecule has 238 valence electrons. The SMILES string of the molecule is CC[N+](CC)(CC)CC.CC[N+](CC)(CC)CC.[O-]B([O-])CCCC(c1ccccc1)(c1ccccc1)c1ccccc1. The molecular formula is C38H61BN2O2. The van der Waals surface area contributed by atoms with Crippen LogP contribution >= 0.6 is 0 Å². The van der Waals surface area contributed by atoms with Gasteiger partial charge in [0.1, 0.15) is 0 Å². The molecule has 0 bridgehead atoms. The van der Waals surface area contributed by atoms with Crippen LogP contribution in [0.4, 0.5) is 0 Å². The van der Waals surface area contributed by atoms with Crippen LogP contribution < -0.4 is 10.0 Å². The van der Waals surface area contributed by atoms with Crippen LogP contribution in [0.5, 0.6) is 0 Å². The number of hydrogen-bond donors (Lipinski definition) is 0. The van der Waals surface area contributed by atoms with E-state index < -0.39 is 7.12 Å². The Morgan fingerprint density at radius 3 is 0.907 bits per heavy atom. The number of quaternary nitrogens is 2. The van der Waals surface area contributed by atoms with Crippen LogP contribution in [0.15, 0.2) is 91.0 Å². The van der Waals surface area contributed by atoms with Crippen molar-refractivity contribution in [3.8, 4) is 0 Å². The lowest BCUT2D eigenvalue weighted by molar-refractivity contribution is -0.921. The molecule has 0 aliphatic rings. The zero-order valence-corrected chi connectivity index (χ0v) is 28.7. The molecule has 0 amide bonds. The van der Waals surface area contributed by atoms with Gasteiger partial charge in [0.2, 0.25) is 0 Å². The summed E-state index contributed by atoms with van der Waals surface area (Å²) in [7, 11) is -1.76. The predicted molar refractivity (Wildman–Crippen MR) is 184 cm³/mol. The molecule has 0 atom stereocenters. The Hall–Kier alpha value is -2.44. The van der Waals surface area contributed by atoms with Crippen molar-refractivity contribution in [1.29, 1.82) is 0 Å². The lowest BCUT2D eigenvalue weighted by Gasteiger charge is -2.37. The molecule has 0 aliphatic heterocycles. The van der Waals surface area contributed by atoms with Crippen LogP contribution in [0.3, 0.4) is 0 Å². The maximum Gasteiger partial charge on any atom is 0.0757 e. The molecule has 3 aromatic carbocycles. The monoisotopic (exact) mass is 588 g/mol. The second-order valence-corrected chi connectivity index (χ2v) is 11.5. The highest BCUT2D eigenvalue weighted by Gasteiger charge is 2.35. The molecular weight excluding hydrogens is 527 g/mol. The van der Waals surface area contributed by atoms with E-state index in [1.54, 1.807) is 0 Å². The van der Waals surface area contributed by atoms with Gasteiger partial charge in [-0.05, 0) is 78.5 Å². The van der Waals surface area contributed by atoms with Crippen molar-refractivity contribution in [2.75, 3.05) is 52.4 Å². The second kappa shape index (κ2) is 20.5. The molecule has 0 saturated heterocycles. The van der Waals surface area contributed by atoms with Gasteiger partial charge in [-0.25, -0.2) is 0 Å². The molecule has 4 nitrogen and oxygen atoms in total. The van der Waals surface area contributed by atoms with E-state index in [9.17, 15) is 10.0 Å². The third-order valence-corrected chi connectivity index (χ3v) is 10.2. The Bertz CT molecular complexity index is 917. The molecule has 0 aromatic heterocycles. The number of benzene rings is 3. The Balaban J connectivity index is 0.000000424. The van der Waals surface area contributed by atoms with E-state index in [-0.39, 0.29) is 11.7 Å². The zero-order chi connectivity index (χ0) is 32.2. The minimum atomic E-state index is -1.76. The lowest BCUT2D eigenvalue weighted by atomic mass is 9.65. The van der Waals surface area contributed by atoms with Crippen molar-refractivity contribution in [3.63, 3.8) is 0 Å². The van der Waals surface area contributed by atoms with Gasteiger partial charge in [0, 0.05) is 5.41 Å². The number of hydrogen-bond acceptors (Lipinski definition) is 2. The first-order valence-electron chi connectivity index (χ1n) is 16.9. The standard InChI is InChI=1S/C22H21BO2.2C8H20N/c24-23(25)18-10-17-22(19-11-4-1-5-12-19,20-13-6-2-7-14-20)21-15-8-3-9-16-21;2*1-5-9(6-2,7-3)8-4/h1-9,11-16H,10,17-18H2;2*5-8H2,1-4H3/q-2;2*+1. The van der Waals surface area contributed by atoms with Crippen molar-refractivity contribution in [2.24, 2.45) is 0 Å². The quantitative estimate of drug-likeness (QED) is 0.112. The summed E-state index contributed by atoms with van der Waals surface area (Å²) in [5, 5.41) is 22.1. The van der Waals surface area contributed by atoms with E-state index in [2.05, 4.69) is 91.8 Å². The Morgan fingerprint density at radius 1 is 0.465 bits per heavy atom. The first-order valence-corrected chi connectivity index (χ1v) is 16.9. The summed E-state index contributed by atoms with van der Waals surface area (Å²) in [6.07, 6.45) is 1.47. The van der Waals surface area contributed by atoms with Crippen LogP contribution in [0, 0.1) is 0 Å². The van der Waals surface area contributed by atoms with Gasteiger partial charge in [0.15, 0.2) is 0 Å². The molecule has 43 heavy (non-hydrogen) atoms. The van der Waals surface area contributed by atoms with Gasteiger partial charge in [-0.3, -0.25) is 0 Å². The molecule has 0 spiro atoms. The van der Waals surface area contributed by atoms with Gasteiger partial charge < -0.3 is 19.0 Å². The topological polar surface area (TPSA) is 46.1 Å². The van der Waals surface area contributed by atoms with Gasteiger partial charge in [0.25, 0.3) is 0 Å². The molecule has 0 fully saturated rings. The Labute approximate surface area is 265 Å². The maximum absolute atomic E-state index is 11.1. The normalized spacial score (nSPS) is 11.6. The first kappa shape index (κ1) is 38.6. The van der Waals surface area contributed by atoms with Crippen molar-refractivity contribution in [1.82, 2.24) is 0 Å². The van der Waals surface area contributed by atoms with E-state index in [4.69, 9.17) is 0 Å². The van der Waals surface area contributed by atoms with Crippen LogP contribution in [-0.2, 0) is 5.41 Å².